The molecule has 1 aliphatic heterocycles. The smallest absolute Gasteiger partial charge is 0.410 e. The number of rotatable bonds is 2. The van der Waals surface area contributed by atoms with Crippen LogP contribution in [0.1, 0.15) is 26.3 Å². The summed E-state index contributed by atoms with van der Waals surface area (Å²) in [7, 11) is 0. The highest BCUT2D eigenvalue weighted by Gasteiger charge is 2.30. The molecule has 4 nitrogen and oxygen atoms in total. The number of ether oxygens (including phenoxy) is 1. The summed E-state index contributed by atoms with van der Waals surface area (Å²) in [5.41, 5.74) is 0.800. The molecule has 0 radical (unpaired) electrons. The van der Waals surface area contributed by atoms with E-state index in [9.17, 15) is 4.79 Å². The predicted octanol–water partition coefficient (Wildman–Crippen LogP) is 2.86. The van der Waals surface area contributed by atoms with Crippen LogP contribution in [0.4, 0.5) is 4.79 Å². The third-order valence-electron chi connectivity index (χ3n) is 3.29. The highest BCUT2D eigenvalue weighted by molar-refractivity contribution is 5.85. The number of amides is 1. The van der Waals surface area contributed by atoms with E-state index in [1.54, 1.807) is 0 Å². The topological polar surface area (TPSA) is 41.6 Å². The van der Waals surface area contributed by atoms with Crippen molar-refractivity contribution < 1.29 is 9.53 Å². The molecule has 1 unspecified atom stereocenters. The van der Waals surface area contributed by atoms with Crippen molar-refractivity contribution in [2.75, 3.05) is 19.6 Å². The lowest BCUT2D eigenvalue weighted by atomic mass is 10.0. The fourth-order valence-electron chi connectivity index (χ4n) is 2.39. The maximum absolute atomic E-state index is 12.3. The molecule has 0 bridgehead atoms. The van der Waals surface area contributed by atoms with E-state index in [2.05, 4.69) is 17.4 Å². The van der Waals surface area contributed by atoms with E-state index in [-0.39, 0.29) is 24.5 Å². The maximum Gasteiger partial charge on any atom is 0.410 e. The van der Waals surface area contributed by atoms with Crippen LogP contribution < -0.4 is 5.32 Å². The van der Waals surface area contributed by atoms with Crippen molar-refractivity contribution in [1.82, 2.24) is 10.2 Å². The molecule has 1 amide bonds. The van der Waals surface area contributed by atoms with Gasteiger partial charge in [0.25, 0.3) is 0 Å². The normalized spacial score (nSPS) is 18.8. The molecule has 0 saturated carbocycles. The highest BCUT2D eigenvalue weighted by Crippen LogP contribution is 2.16. The van der Waals surface area contributed by atoms with Crippen LogP contribution in [0.25, 0.3) is 0 Å². The first-order valence-electron chi connectivity index (χ1n) is 7.20. The van der Waals surface area contributed by atoms with Gasteiger partial charge in [-0.15, -0.1) is 12.4 Å². The fourth-order valence-corrected chi connectivity index (χ4v) is 2.39. The Balaban J connectivity index is 0.00000220. The molecule has 1 N–H and O–H groups in total. The van der Waals surface area contributed by atoms with Gasteiger partial charge in [-0.25, -0.2) is 4.79 Å². The lowest BCUT2D eigenvalue weighted by Gasteiger charge is -2.37. The first-order chi connectivity index (χ1) is 9.46. The van der Waals surface area contributed by atoms with Crippen LogP contribution in [-0.4, -0.2) is 42.3 Å². The Morgan fingerprint density at radius 2 is 2.00 bits per heavy atom. The van der Waals surface area contributed by atoms with Gasteiger partial charge in [-0.1, -0.05) is 30.3 Å². The summed E-state index contributed by atoms with van der Waals surface area (Å²) in [4.78, 5) is 14.1. The number of hydrogen-bond acceptors (Lipinski definition) is 3. The number of halogens is 1. The molecule has 1 saturated heterocycles. The molecule has 0 spiro atoms. The summed E-state index contributed by atoms with van der Waals surface area (Å²) < 4.78 is 5.50. The Bertz CT molecular complexity index is 445. The van der Waals surface area contributed by atoms with Gasteiger partial charge < -0.3 is 15.0 Å². The summed E-state index contributed by atoms with van der Waals surface area (Å²) in [6.07, 6.45) is 0.646. The zero-order valence-electron chi connectivity index (χ0n) is 13.0. The molecule has 2 rings (SSSR count). The van der Waals surface area contributed by atoms with Gasteiger partial charge in [-0.3, -0.25) is 0 Å². The fraction of sp³-hybridized carbons (Fsp3) is 0.562. The van der Waals surface area contributed by atoms with Gasteiger partial charge in [0.1, 0.15) is 5.60 Å². The minimum absolute atomic E-state index is 0. The Kier molecular flexibility index (Phi) is 6.49. The number of benzene rings is 1. The Labute approximate surface area is 133 Å². The third kappa shape index (κ3) is 5.56. The van der Waals surface area contributed by atoms with Crippen LogP contribution in [0.15, 0.2) is 30.3 Å². The zero-order valence-corrected chi connectivity index (χ0v) is 13.8. The van der Waals surface area contributed by atoms with Crippen molar-refractivity contribution in [3.8, 4) is 0 Å². The number of nitrogens with zero attached hydrogens (tertiary/aromatic N) is 1. The molecule has 1 fully saturated rings. The average Bonchev–Trinajstić information content (AvgIpc) is 2.38. The molecule has 118 valence electrons. The second-order valence-electron chi connectivity index (χ2n) is 6.22. The van der Waals surface area contributed by atoms with Gasteiger partial charge >= 0.3 is 6.09 Å². The lowest BCUT2D eigenvalue weighted by Crippen LogP contribution is -2.55. The van der Waals surface area contributed by atoms with E-state index in [0.29, 0.717) is 6.54 Å². The molecule has 0 aromatic heterocycles. The molecule has 1 aromatic rings. The van der Waals surface area contributed by atoms with E-state index in [1.807, 2.05) is 43.9 Å². The summed E-state index contributed by atoms with van der Waals surface area (Å²) in [5, 5.41) is 3.35. The van der Waals surface area contributed by atoms with Gasteiger partial charge in [0.05, 0.1) is 6.04 Å². The molecular formula is C16H25ClN2O2. The van der Waals surface area contributed by atoms with Crippen molar-refractivity contribution in [3.63, 3.8) is 0 Å². The Hall–Kier alpha value is -1.26. The van der Waals surface area contributed by atoms with Crippen LogP contribution in [0, 0.1) is 0 Å². The first-order valence-corrected chi connectivity index (χ1v) is 7.20. The second-order valence-corrected chi connectivity index (χ2v) is 6.22. The van der Waals surface area contributed by atoms with Crippen LogP contribution in [0.5, 0.6) is 0 Å². The summed E-state index contributed by atoms with van der Waals surface area (Å²) >= 11 is 0. The molecule has 1 atom stereocenters. The van der Waals surface area contributed by atoms with Gasteiger partial charge in [-0.2, -0.15) is 0 Å². The standard InChI is InChI=1S/C16H24N2O2.ClH/c1-16(2,3)20-15(19)18-10-9-17-12-14(18)11-13-7-5-4-6-8-13;/h4-8,14,17H,9-12H2,1-3H3;1H. The molecule has 0 aliphatic carbocycles. The molecular weight excluding hydrogens is 288 g/mol. The van der Waals surface area contributed by atoms with Crippen LogP contribution in [0.3, 0.4) is 0 Å². The molecule has 21 heavy (non-hydrogen) atoms. The minimum atomic E-state index is -0.445. The van der Waals surface area contributed by atoms with Crippen molar-refractivity contribution in [3.05, 3.63) is 35.9 Å². The molecule has 5 heteroatoms. The van der Waals surface area contributed by atoms with Crippen molar-refractivity contribution in [2.45, 2.75) is 38.8 Å². The quantitative estimate of drug-likeness (QED) is 0.913. The second kappa shape index (κ2) is 7.66. The number of nitrogens with one attached hydrogen (secondary N) is 1. The summed E-state index contributed by atoms with van der Waals surface area (Å²) in [6.45, 7) is 8.04. The summed E-state index contributed by atoms with van der Waals surface area (Å²) in [6, 6.07) is 10.4. The van der Waals surface area contributed by atoms with E-state index >= 15 is 0 Å². The number of carbonyl (C=O) groups excluding carboxylic acids is 1. The van der Waals surface area contributed by atoms with Crippen molar-refractivity contribution >= 4 is 18.5 Å². The summed E-state index contributed by atoms with van der Waals surface area (Å²) in [5.74, 6) is 0. The van der Waals surface area contributed by atoms with E-state index in [1.165, 1.54) is 5.56 Å². The highest BCUT2D eigenvalue weighted by atomic mass is 35.5. The van der Waals surface area contributed by atoms with Crippen LogP contribution in [-0.2, 0) is 11.2 Å². The average molecular weight is 313 g/mol. The third-order valence-corrected chi connectivity index (χ3v) is 3.29. The largest absolute Gasteiger partial charge is 0.444 e. The van der Waals surface area contributed by atoms with Crippen LogP contribution >= 0.6 is 12.4 Å². The van der Waals surface area contributed by atoms with E-state index in [0.717, 1.165) is 19.5 Å². The minimum Gasteiger partial charge on any atom is -0.444 e. The maximum atomic E-state index is 12.3. The molecule has 1 aromatic carbocycles. The number of piperazine rings is 1. The van der Waals surface area contributed by atoms with Crippen molar-refractivity contribution in [2.24, 2.45) is 0 Å². The monoisotopic (exact) mass is 312 g/mol. The van der Waals surface area contributed by atoms with Crippen LogP contribution in [0.2, 0.25) is 0 Å². The van der Waals surface area contributed by atoms with Gasteiger partial charge in [0, 0.05) is 19.6 Å². The lowest BCUT2D eigenvalue weighted by molar-refractivity contribution is 0.0122. The number of hydrogen-bond donors (Lipinski definition) is 1. The van der Waals surface area contributed by atoms with Crippen molar-refractivity contribution in [1.29, 1.82) is 0 Å². The molecule has 1 heterocycles. The van der Waals surface area contributed by atoms with E-state index in [4.69, 9.17) is 4.74 Å². The van der Waals surface area contributed by atoms with Gasteiger partial charge in [-0.05, 0) is 32.8 Å². The SMILES string of the molecule is CC(C)(C)OC(=O)N1CCNCC1Cc1ccccc1.Cl. The zero-order chi connectivity index (χ0) is 14.6. The number of carbonyl (C=O) groups is 1. The molecule has 1 aliphatic rings. The Morgan fingerprint density at radius 3 is 2.62 bits per heavy atom. The van der Waals surface area contributed by atoms with Gasteiger partial charge in [0.2, 0.25) is 0 Å². The Morgan fingerprint density at radius 1 is 1.33 bits per heavy atom. The van der Waals surface area contributed by atoms with E-state index < -0.39 is 5.60 Å². The first kappa shape index (κ1) is 17.8. The van der Waals surface area contributed by atoms with Gasteiger partial charge in [0.15, 0.2) is 0 Å². The predicted molar refractivity (Wildman–Crippen MR) is 87.0 cm³/mol.